The van der Waals surface area contributed by atoms with Crippen LogP contribution >= 0.6 is 0 Å². The molecule has 2 nitrogen and oxygen atoms in total. The van der Waals surface area contributed by atoms with Crippen LogP contribution in [0.5, 0.6) is 0 Å². The Hall–Kier alpha value is -0.890. The quantitative estimate of drug-likeness (QED) is 0.628. The van der Waals surface area contributed by atoms with Crippen LogP contribution in [-0.4, -0.2) is 17.4 Å². The van der Waals surface area contributed by atoms with Gasteiger partial charge in [-0.15, -0.1) is 0 Å². The van der Waals surface area contributed by atoms with Crippen LogP contribution in [0.3, 0.4) is 0 Å². The molecule has 0 fully saturated rings. The van der Waals surface area contributed by atoms with Gasteiger partial charge in [0.05, 0.1) is 0 Å². The summed E-state index contributed by atoms with van der Waals surface area (Å²) in [6, 6.07) is 0. The molecule has 0 radical (unpaired) electrons. The summed E-state index contributed by atoms with van der Waals surface area (Å²) in [7, 11) is 0. The van der Waals surface area contributed by atoms with E-state index in [2.05, 4.69) is 18.0 Å². The minimum atomic E-state index is 0.160. The number of rotatable bonds is 6. The van der Waals surface area contributed by atoms with Crippen LogP contribution in [0.1, 0.15) is 33.1 Å². The zero-order chi connectivity index (χ0) is 9.94. The molecule has 0 atom stereocenters. The van der Waals surface area contributed by atoms with Gasteiger partial charge in [-0.25, -0.2) is 0 Å². The summed E-state index contributed by atoms with van der Waals surface area (Å²) in [6.07, 6.45) is 10.6. The van der Waals surface area contributed by atoms with Crippen molar-refractivity contribution in [2.45, 2.75) is 33.1 Å². The summed E-state index contributed by atoms with van der Waals surface area (Å²) >= 11 is 0. The van der Waals surface area contributed by atoms with Crippen molar-refractivity contribution in [2.24, 2.45) is 4.99 Å². The van der Waals surface area contributed by atoms with Crippen molar-refractivity contribution in [2.75, 3.05) is 6.61 Å². The van der Waals surface area contributed by atoms with E-state index in [4.69, 9.17) is 5.11 Å². The summed E-state index contributed by atoms with van der Waals surface area (Å²) in [5.41, 5.74) is 0.939. The number of unbranched alkanes of at least 4 members (excludes halogenated alkanes) is 1. The molecule has 0 spiro atoms. The summed E-state index contributed by atoms with van der Waals surface area (Å²) in [6.45, 7) is 4.22. The first kappa shape index (κ1) is 12.1. The molecule has 74 valence electrons. The topological polar surface area (TPSA) is 32.6 Å². The Labute approximate surface area is 80.7 Å². The van der Waals surface area contributed by atoms with Crippen molar-refractivity contribution in [1.29, 1.82) is 0 Å². The highest BCUT2D eigenvalue weighted by Crippen LogP contribution is 1.94. The maximum atomic E-state index is 8.75. The molecule has 0 aromatic carbocycles. The van der Waals surface area contributed by atoms with Gasteiger partial charge >= 0.3 is 0 Å². The number of aliphatic hydroxyl groups excluding tert-OH is 1. The fraction of sp³-hybridized carbons (Fsp3) is 0.545. The van der Waals surface area contributed by atoms with Gasteiger partial charge in [0.25, 0.3) is 0 Å². The van der Waals surface area contributed by atoms with Crippen LogP contribution in [0.2, 0.25) is 0 Å². The number of hydrogen-bond donors (Lipinski definition) is 1. The molecule has 0 saturated carbocycles. The molecule has 0 aromatic rings. The standard InChI is InChI=1S/C11H19NO/c1-3-5-6-7-11(8-10-13)12-9-4-2/h4,6-7,9,13H,3,5,8,10H2,1-2H3/b7-6+,9-4-,12-11-. The molecule has 0 aromatic heterocycles. The number of hydrogen-bond acceptors (Lipinski definition) is 2. The molecule has 0 rings (SSSR count). The van der Waals surface area contributed by atoms with Gasteiger partial charge in [-0.2, -0.15) is 0 Å². The molecule has 0 bridgehead atoms. The Balaban J connectivity index is 4.08. The normalized spacial score (nSPS) is 13.3. The lowest BCUT2D eigenvalue weighted by molar-refractivity contribution is 0.307. The van der Waals surface area contributed by atoms with Crippen LogP contribution in [0.15, 0.2) is 29.4 Å². The highest BCUT2D eigenvalue weighted by Gasteiger charge is 1.90. The number of aliphatic hydroxyl groups is 1. The highest BCUT2D eigenvalue weighted by atomic mass is 16.3. The maximum Gasteiger partial charge on any atom is 0.0486 e. The third-order valence-corrected chi connectivity index (χ3v) is 1.52. The van der Waals surface area contributed by atoms with Crippen LogP contribution < -0.4 is 0 Å². The number of allylic oxidation sites excluding steroid dienone is 3. The molecule has 0 saturated heterocycles. The van der Waals surface area contributed by atoms with Crippen molar-refractivity contribution in [3.8, 4) is 0 Å². The van der Waals surface area contributed by atoms with E-state index in [1.165, 1.54) is 0 Å². The Bertz CT molecular complexity index is 192. The van der Waals surface area contributed by atoms with Gasteiger partial charge in [0, 0.05) is 24.9 Å². The monoisotopic (exact) mass is 181 g/mol. The molecule has 0 aliphatic carbocycles. The predicted octanol–water partition coefficient (Wildman–Crippen LogP) is 2.70. The Kier molecular flexibility index (Phi) is 8.57. The fourth-order valence-electron chi connectivity index (χ4n) is 0.862. The van der Waals surface area contributed by atoms with E-state index in [1.807, 2.05) is 19.1 Å². The molecule has 0 heterocycles. The lowest BCUT2D eigenvalue weighted by Crippen LogP contribution is -1.96. The van der Waals surface area contributed by atoms with Crippen LogP contribution in [0.25, 0.3) is 0 Å². The molecule has 13 heavy (non-hydrogen) atoms. The van der Waals surface area contributed by atoms with E-state index >= 15 is 0 Å². The third kappa shape index (κ3) is 7.47. The van der Waals surface area contributed by atoms with Crippen molar-refractivity contribution in [3.63, 3.8) is 0 Å². The molecule has 0 unspecified atom stereocenters. The number of aliphatic imine (C=N–C) groups is 1. The molecule has 1 N–H and O–H groups in total. The van der Waals surface area contributed by atoms with Crippen molar-refractivity contribution in [1.82, 2.24) is 0 Å². The predicted molar refractivity (Wildman–Crippen MR) is 58.0 cm³/mol. The van der Waals surface area contributed by atoms with Gasteiger partial charge in [-0.3, -0.25) is 4.99 Å². The van der Waals surface area contributed by atoms with Crippen LogP contribution in [0.4, 0.5) is 0 Å². The van der Waals surface area contributed by atoms with Gasteiger partial charge < -0.3 is 5.11 Å². The first-order valence-electron chi connectivity index (χ1n) is 4.80. The first-order chi connectivity index (χ1) is 6.35. The molecule has 0 amide bonds. The lowest BCUT2D eigenvalue weighted by Gasteiger charge is -1.95. The van der Waals surface area contributed by atoms with Gasteiger partial charge in [0.1, 0.15) is 0 Å². The van der Waals surface area contributed by atoms with Gasteiger partial charge in [-0.05, 0) is 19.4 Å². The summed E-state index contributed by atoms with van der Waals surface area (Å²) in [4.78, 5) is 4.19. The van der Waals surface area contributed by atoms with E-state index in [9.17, 15) is 0 Å². The Morgan fingerprint density at radius 3 is 2.77 bits per heavy atom. The Morgan fingerprint density at radius 2 is 2.23 bits per heavy atom. The summed E-state index contributed by atoms with van der Waals surface area (Å²) in [5.74, 6) is 0. The van der Waals surface area contributed by atoms with Gasteiger partial charge in [0.15, 0.2) is 0 Å². The third-order valence-electron chi connectivity index (χ3n) is 1.52. The summed E-state index contributed by atoms with van der Waals surface area (Å²) < 4.78 is 0. The van der Waals surface area contributed by atoms with E-state index in [0.29, 0.717) is 6.42 Å². The summed E-state index contributed by atoms with van der Waals surface area (Å²) in [5, 5.41) is 8.75. The zero-order valence-corrected chi connectivity index (χ0v) is 8.53. The lowest BCUT2D eigenvalue weighted by atomic mass is 10.2. The minimum absolute atomic E-state index is 0.160. The average molecular weight is 181 g/mol. The van der Waals surface area contributed by atoms with Gasteiger partial charge in [0.2, 0.25) is 0 Å². The van der Waals surface area contributed by atoms with E-state index < -0.39 is 0 Å². The highest BCUT2D eigenvalue weighted by molar-refractivity contribution is 5.95. The molecule has 0 aliphatic heterocycles. The smallest absolute Gasteiger partial charge is 0.0486 e. The van der Waals surface area contributed by atoms with Gasteiger partial charge in [-0.1, -0.05) is 25.5 Å². The van der Waals surface area contributed by atoms with E-state index in [-0.39, 0.29) is 6.61 Å². The van der Waals surface area contributed by atoms with Crippen molar-refractivity contribution >= 4 is 5.71 Å². The second kappa shape index (κ2) is 9.20. The maximum absolute atomic E-state index is 8.75. The van der Waals surface area contributed by atoms with Crippen molar-refractivity contribution < 1.29 is 5.11 Å². The second-order valence-electron chi connectivity index (χ2n) is 2.77. The molecule has 0 aliphatic rings. The largest absolute Gasteiger partial charge is 0.396 e. The van der Waals surface area contributed by atoms with Crippen LogP contribution in [0, 0.1) is 0 Å². The molecular formula is C11H19NO. The van der Waals surface area contributed by atoms with E-state index in [0.717, 1.165) is 18.6 Å². The first-order valence-corrected chi connectivity index (χ1v) is 4.80. The minimum Gasteiger partial charge on any atom is -0.396 e. The second-order valence-corrected chi connectivity index (χ2v) is 2.77. The average Bonchev–Trinajstić information content (AvgIpc) is 2.14. The number of nitrogens with zero attached hydrogens (tertiary/aromatic N) is 1. The van der Waals surface area contributed by atoms with E-state index in [1.54, 1.807) is 6.20 Å². The van der Waals surface area contributed by atoms with Crippen LogP contribution in [-0.2, 0) is 0 Å². The molecular weight excluding hydrogens is 162 g/mol. The SMILES string of the molecule is C\C=C/N=C(/C=C/CCC)CCO. The zero-order valence-electron chi connectivity index (χ0n) is 8.53. The fourth-order valence-corrected chi connectivity index (χ4v) is 0.862. The Morgan fingerprint density at radius 1 is 1.46 bits per heavy atom. The molecule has 2 heteroatoms. The van der Waals surface area contributed by atoms with Crippen molar-refractivity contribution in [3.05, 3.63) is 24.4 Å².